The molecule has 0 aliphatic heterocycles. The normalized spacial score (nSPS) is 11.7. The summed E-state index contributed by atoms with van der Waals surface area (Å²) in [6.45, 7) is 8.06. The highest BCUT2D eigenvalue weighted by molar-refractivity contribution is 5.18. The van der Waals surface area contributed by atoms with Crippen LogP contribution in [0, 0.1) is 17.2 Å². The maximum atomic E-state index is 8.93. The summed E-state index contributed by atoms with van der Waals surface area (Å²) < 4.78 is 0. The Morgan fingerprint density at radius 2 is 2.21 bits per heavy atom. The number of H-pyrrole nitrogens is 1. The molecule has 0 saturated carbocycles. The standard InChI is InChI=1S/C11H17N3/c1-8(2)5-9-6-13-10(14-9)11(3,4)7-12/h6,8H,5H2,1-4H3,(H,13,14). The summed E-state index contributed by atoms with van der Waals surface area (Å²) in [6.07, 6.45) is 2.81. The van der Waals surface area contributed by atoms with Gasteiger partial charge in [-0.3, -0.25) is 0 Å². The molecule has 1 rings (SSSR count). The monoisotopic (exact) mass is 191 g/mol. The first-order chi connectivity index (χ1) is 6.45. The average Bonchev–Trinajstić information content (AvgIpc) is 2.52. The van der Waals surface area contributed by atoms with Gasteiger partial charge in [0, 0.05) is 11.9 Å². The summed E-state index contributed by atoms with van der Waals surface area (Å²) in [7, 11) is 0. The molecule has 1 heterocycles. The Morgan fingerprint density at radius 3 is 2.71 bits per heavy atom. The van der Waals surface area contributed by atoms with Crippen LogP contribution in [0.3, 0.4) is 0 Å². The van der Waals surface area contributed by atoms with Crippen molar-refractivity contribution in [3.05, 3.63) is 17.7 Å². The zero-order valence-corrected chi connectivity index (χ0v) is 9.26. The number of nitrogens with one attached hydrogen (secondary N) is 1. The fraction of sp³-hybridized carbons (Fsp3) is 0.636. The first-order valence-electron chi connectivity index (χ1n) is 4.91. The highest BCUT2D eigenvalue weighted by Gasteiger charge is 2.23. The Labute approximate surface area is 85.2 Å². The molecule has 0 radical (unpaired) electrons. The Balaban J connectivity index is 2.84. The highest BCUT2D eigenvalue weighted by atomic mass is 14.9. The number of imidazole rings is 1. The summed E-state index contributed by atoms with van der Waals surface area (Å²) in [5, 5.41) is 8.93. The van der Waals surface area contributed by atoms with Gasteiger partial charge < -0.3 is 4.98 Å². The number of aromatic amines is 1. The molecule has 14 heavy (non-hydrogen) atoms. The van der Waals surface area contributed by atoms with Crippen molar-refractivity contribution < 1.29 is 0 Å². The first kappa shape index (κ1) is 10.8. The van der Waals surface area contributed by atoms with E-state index in [9.17, 15) is 0 Å². The molecule has 0 atom stereocenters. The summed E-state index contributed by atoms with van der Waals surface area (Å²) in [5.41, 5.74) is 0.591. The Hall–Kier alpha value is -1.30. The molecule has 0 bridgehead atoms. The van der Waals surface area contributed by atoms with Crippen molar-refractivity contribution in [1.82, 2.24) is 9.97 Å². The lowest BCUT2D eigenvalue weighted by atomic mass is 9.95. The molecule has 3 nitrogen and oxygen atoms in total. The van der Waals surface area contributed by atoms with Crippen molar-refractivity contribution >= 4 is 0 Å². The Morgan fingerprint density at radius 1 is 1.57 bits per heavy atom. The topological polar surface area (TPSA) is 52.5 Å². The minimum absolute atomic E-state index is 0.519. The summed E-state index contributed by atoms with van der Waals surface area (Å²) in [4.78, 5) is 7.44. The lowest BCUT2D eigenvalue weighted by Crippen LogP contribution is -2.16. The van der Waals surface area contributed by atoms with E-state index in [1.54, 1.807) is 0 Å². The van der Waals surface area contributed by atoms with Crippen LogP contribution in [0.25, 0.3) is 0 Å². The number of aromatic nitrogens is 2. The van der Waals surface area contributed by atoms with E-state index in [-0.39, 0.29) is 0 Å². The van der Waals surface area contributed by atoms with Gasteiger partial charge in [-0.15, -0.1) is 0 Å². The van der Waals surface area contributed by atoms with Crippen molar-refractivity contribution in [2.75, 3.05) is 0 Å². The molecule has 1 aromatic rings. The molecule has 0 fully saturated rings. The van der Waals surface area contributed by atoms with Gasteiger partial charge in [0.25, 0.3) is 0 Å². The number of rotatable bonds is 3. The van der Waals surface area contributed by atoms with Gasteiger partial charge >= 0.3 is 0 Å². The number of hydrogen-bond donors (Lipinski definition) is 1. The minimum Gasteiger partial charge on any atom is -0.345 e. The lowest BCUT2D eigenvalue weighted by Gasteiger charge is -2.10. The van der Waals surface area contributed by atoms with Crippen LogP contribution in [0.15, 0.2) is 6.20 Å². The maximum Gasteiger partial charge on any atom is 0.126 e. The van der Waals surface area contributed by atoms with Crippen molar-refractivity contribution in [2.45, 2.75) is 39.5 Å². The van der Waals surface area contributed by atoms with Crippen LogP contribution in [0.4, 0.5) is 0 Å². The quantitative estimate of drug-likeness (QED) is 0.797. The molecule has 1 N–H and O–H groups in total. The van der Waals surface area contributed by atoms with Gasteiger partial charge in [-0.25, -0.2) is 4.98 Å². The van der Waals surface area contributed by atoms with Crippen LogP contribution >= 0.6 is 0 Å². The second-order valence-electron chi connectivity index (χ2n) is 4.59. The van der Waals surface area contributed by atoms with E-state index >= 15 is 0 Å². The van der Waals surface area contributed by atoms with Gasteiger partial charge in [0.15, 0.2) is 0 Å². The zero-order valence-electron chi connectivity index (χ0n) is 9.26. The fourth-order valence-corrected chi connectivity index (χ4v) is 1.27. The molecule has 3 heteroatoms. The van der Waals surface area contributed by atoms with E-state index in [2.05, 4.69) is 29.9 Å². The van der Waals surface area contributed by atoms with Gasteiger partial charge in [0.2, 0.25) is 0 Å². The SMILES string of the molecule is CC(C)Cc1cnc(C(C)(C)C#N)[nH]1. The smallest absolute Gasteiger partial charge is 0.126 e. The van der Waals surface area contributed by atoms with E-state index in [4.69, 9.17) is 5.26 Å². The summed E-state index contributed by atoms with van der Waals surface area (Å²) in [6, 6.07) is 2.23. The van der Waals surface area contributed by atoms with E-state index in [1.165, 1.54) is 0 Å². The van der Waals surface area contributed by atoms with Crippen molar-refractivity contribution in [3.8, 4) is 6.07 Å². The van der Waals surface area contributed by atoms with Gasteiger partial charge in [-0.2, -0.15) is 5.26 Å². The van der Waals surface area contributed by atoms with E-state index in [0.29, 0.717) is 5.92 Å². The molecule has 76 valence electrons. The molecule has 0 spiro atoms. The van der Waals surface area contributed by atoms with E-state index < -0.39 is 5.41 Å². The molecule has 0 saturated heterocycles. The van der Waals surface area contributed by atoms with Crippen molar-refractivity contribution in [2.24, 2.45) is 5.92 Å². The Kier molecular flexibility index (Phi) is 2.95. The number of nitrogens with zero attached hydrogens (tertiary/aromatic N) is 2. The molecule has 0 aliphatic rings. The van der Waals surface area contributed by atoms with Crippen LogP contribution in [0.2, 0.25) is 0 Å². The molecular formula is C11H17N3. The van der Waals surface area contributed by atoms with Crippen LogP contribution in [-0.2, 0) is 11.8 Å². The highest BCUT2D eigenvalue weighted by Crippen LogP contribution is 2.19. The van der Waals surface area contributed by atoms with E-state index in [0.717, 1.165) is 17.9 Å². The molecular weight excluding hydrogens is 174 g/mol. The van der Waals surface area contributed by atoms with Crippen LogP contribution < -0.4 is 0 Å². The molecule has 0 aliphatic carbocycles. The van der Waals surface area contributed by atoms with Gasteiger partial charge in [-0.1, -0.05) is 13.8 Å². The molecule has 0 amide bonds. The predicted octanol–water partition coefficient (Wildman–Crippen LogP) is 2.41. The number of hydrogen-bond acceptors (Lipinski definition) is 2. The van der Waals surface area contributed by atoms with Crippen molar-refractivity contribution in [1.29, 1.82) is 5.26 Å². The lowest BCUT2D eigenvalue weighted by molar-refractivity contribution is 0.617. The first-order valence-corrected chi connectivity index (χ1v) is 4.91. The van der Waals surface area contributed by atoms with Crippen molar-refractivity contribution in [3.63, 3.8) is 0 Å². The van der Waals surface area contributed by atoms with Gasteiger partial charge in [-0.05, 0) is 26.2 Å². The zero-order chi connectivity index (χ0) is 10.8. The second kappa shape index (κ2) is 3.83. The third kappa shape index (κ3) is 2.35. The van der Waals surface area contributed by atoms with Gasteiger partial charge in [0.1, 0.15) is 11.2 Å². The van der Waals surface area contributed by atoms with Crippen LogP contribution in [-0.4, -0.2) is 9.97 Å². The fourth-order valence-electron chi connectivity index (χ4n) is 1.27. The maximum absolute atomic E-state index is 8.93. The van der Waals surface area contributed by atoms with Gasteiger partial charge in [0.05, 0.1) is 6.07 Å². The Bertz CT molecular complexity index is 342. The summed E-state index contributed by atoms with van der Waals surface area (Å²) >= 11 is 0. The molecule has 0 aromatic carbocycles. The number of nitriles is 1. The third-order valence-electron chi connectivity index (χ3n) is 2.13. The second-order valence-corrected chi connectivity index (χ2v) is 4.59. The molecule has 0 unspecified atom stereocenters. The summed E-state index contributed by atoms with van der Waals surface area (Å²) in [5.74, 6) is 1.36. The largest absolute Gasteiger partial charge is 0.345 e. The average molecular weight is 191 g/mol. The van der Waals surface area contributed by atoms with Crippen LogP contribution in [0.5, 0.6) is 0 Å². The van der Waals surface area contributed by atoms with Crippen LogP contribution in [0.1, 0.15) is 39.2 Å². The minimum atomic E-state index is -0.519. The third-order valence-corrected chi connectivity index (χ3v) is 2.13. The molecule has 1 aromatic heterocycles. The predicted molar refractivity (Wildman–Crippen MR) is 55.8 cm³/mol. The van der Waals surface area contributed by atoms with E-state index in [1.807, 2.05) is 20.0 Å².